The van der Waals surface area contributed by atoms with Gasteiger partial charge in [-0.2, -0.15) is 0 Å². The van der Waals surface area contributed by atoms with Crippen molar-refractivity contribution in [3.8, 4) is 0 Å². The highest BCUT2D eigenvalue weighted by Crippen LogP contribution is 2.28. The third-order valence-corrected chi connectivity index (χ3v) is 5.47. The number of hydrogen-bond acceptors (Lipinski definition) is 3. The Hall–Kier alpha value is -1.53. The van der Waals surface area contributed by atoms with Gasteiger partial charge in [-0.1, -0.05) is 12.5 Å². The summed E-state index contributed by atoms with van der Waals surface area (Å²) in [6.07, 6.45) is 2.84. The Kier molecular flexibility index (Phi) is 5.15. The first-order chi connectivity index (χ1) is 11.5. The molecule has 0 spiro atoms. The summed E-state index contributed by atoms with van der Waals surface area (Å²) in [5.41, 5.74) is 6.53. The number of piperazine rings is 1. The van der Waals surface area contributed by atoms with Gasteiger partial charge < -0.3 is 10.6 Å². The second kappa shape index (κ2) is 7.15. The summed E-state index contributed by atoms with van der Waals surface area (Å²) in [7, 11) is 0. The number of benzene rings is 1. The summed E-state index contributed by atoms with van der Waals surface area (Å²) in [6.45, 7) is 4.56. The lowest BCUT2D eigenvalue weighted by Gasteiger charge is -2.39. The van der Waals surface area contributed by atoms with E-state index < -0.39 is 11.6 Å². The number of carbonyl (C=O) groups is 1. The minimum absolute atomic E-state index is 0.0113. The van der Waals surface area contributed by atoms with Gasteiger partial charge >= 0.3 is 0 Å². The molecule has 1 aromatic rings. The van der Waals surface area contributed by atoms with Gasteiger partial charge in [-0.3, -0.25) is 9.69 Å². The van der Waals surface area contributed by atoms with Gasteiger partial charge in [-0.15, -0.1) is 0 Å². The topological polar surface area (TPSA) is 49.6 Å². The highest BCUT2D eigenvalue weighted by atomic mass is 19.1. The molecule has 1 saturated heterocycles. The van der Waals surface area contributed by atoms with Crippen LogP contribution in [0.15, 0.2) is 18.2 Å². The minimum Gasteiger partial charge on any atom is -0.340 e. The number of rotatable bonds is 3. The first-order valence-corrected chi connectivity index (χ1v) is 8.70. The molecule has 2 aliphatic rings. The van der Waals surface area contributed by atoms with Gasteiger partial charge in [0.05, 0.1) is 5.92 Å². The lowest BCUT2D eigenvalue weighted by atomic mass is 10.0. The fourth-order valence-corrected chi connectivity index (χ4v) is 3.90. The molecule has 2 N–H and O–H groups in total. The molecule has 132 valence electrons. The first-order valence-electron chi connectivity index (χ1n) is 8.70. The lowest BCUT2D eigenvalue weighted by molar-refractivity contribution is -0.137. The maximum atomic E-state index is 14.0. The van der Waals surface area contributed by atoms with Crippen LogP contribution in [0.5, 0.6) is 0 Å². The summed E-state index contributed by atoms with van der Waals surface area (Å²) in [6, 6.07) is 3.56. The molecule has 1 amide bonds. The highest BCUT2D eigenvalue weighted by molar-refractivity contribution is 5.80. The average Bonchev–Trinajstić information content (AvgIpc) is 3.00. The molecule has 0 aromatic heterocycles. The highest BCUT2D eigenvalue weighted by Gasteiger charge is 2.35. The summed E-state index contributed by atoms with van der Waals surface area (Å²) in [5, 5.41) is 0. The van der Waals surface area contributed by atoms with Gasteiger partial charge in [-0.25, -0.2) is 8.78 Å². The van der Waals surface area contributed by atoms with Crippen molar-refractivity contribution in [1.82, 2.24) is 9.80 Å². The van der Waals surface area contributed by atoms with Crippen molar-refractivity contribution in [2.24, 2.45) is 11.7 Å². The summed E-state index contributed by atoms with van der Waals surface area (Å²) < 4.78 is 27.0. The van der Waals surface area contributed by atoms with E-state index in [4.69, 9.17) is 5.73 Å². The van der Waals surface area contributed by atoms with Crippen molar-refractivity contribution in [2.45, 2.75) is 38.3 Å². The van der Waals surface area contributed by atoms with E-state index in [0.29, 0.717) is 31.7 Å². The predicted octanol–water partition coefficient (Wildman–Crippen LogP) is 2.30. The zero-order chi connectivity index (χ0) is 17.3. The fourth-order valence-electron chi connectivity index (χ4n) is 3.90. The Balaban J connectivity index is 1.59. The zero-order valence-corrected chi connectivity index (χ0v) is 14.0. The largest absolute Gasteiger partial charge is 0.340 e. The third kappa shape index (κ3) is 3.44. The molecular formula is C18H25F2N3O. The van der Waals surface area contributed by atoms with Gasteiger partial charge in [-0.05, 0) is 25.8 Å². The van der Waals surface area contributed by atoms with E-state index in [-0.39, 0.29) is 23.9 Å². The van der Waals surface area contributed by atoms with Crippen LogP contribution in [0.3, 0.4) is 0 Å². The van der Waals surface area contributed by atoms with Gasteiger partial charge in [0.25, 0.3) is 0 Å². The fraction of sp³-hybridized carbons (Fsp3) is 0.611. The third-order valence-electron chi connectivity index (χ3n) is 5.47. The Morgan fingerprint density at radius 1 is 1.21 bits per heavy atom. The number of hydrogen-bond donors (Lipinski definition) is 1. The molecular weight excluding hydrogens is 312 g/mol. The summed E-state index contributed by atoms with van der Waals surface area (Å²) in [5.74, 6) is -0.950. The van der Waals surface area contributed by atoms with Crippen LogP contribution in [0.1, 0.15) is 37.8 Å². The van der Waals surface area contributed by atoms with Crippen molar-refractivity contribution in [2.75, 3.05) is 26.2 Å². The van der Waals surface area contributed by atoms with E-state index in [9.17, 15) is 13.6 Å². The van der Waals surface area contributed by atoms with Crippen molar-refractivity contribution in [3.63, 3.8) is 0 Å². The van der Waals surface area contributed by atoms with Crippen LogP contribution in [0, 0.1) is 17.6 Å². The second-order valence-electron chi connectivity index (χ2n) is 6.90. The maximum absolute atomic E-state index is 14.0. The van der Waals surface area contributed by atoms with Crippen molar-refractivity contribution < 1.29 is 13.6 Å². The van der Waals surface area contributed by atoms with Crippen molar-refractivity contribution in [1.29, 1.82) is 0 Å². The van der Waals surface area contributed by atoms with E-state index in [0.717, 1.165) is 25.3 Å². The molecule has 1 saturated carbocycles. The van der Waals surface area contributed by atoms with Gasteiger partial charge in [0, 0.05) is 49.9 Å². The van der Waals surface area contributed by atoms with E-state index >= 15 is 0 Å². The SMILES string of the molecule is C[C@H](c1ccc(F)cc1F)N1CCN(C(=O)[C@H]2CCC[C@H]2N)CC1. The molecule has 1 aliphatic carbocycles. The van der Waals surface area contributed by atoms with Crippen molar-refractivity contribution in [3.05, 3.63) is 35.4 Å². The average molecular weight is 337 g/mol. The van der Waals surface area contributed by atoms with Crippen LogP contribution in [0.2, 0.25) is 0 Å². The van der Waals surface area contributed by atoms with E-state index in [1.165, 1.54) is 12.1 Å². The molecule has 1 heterocycles. The molecule has 0 radical (unpaired) electrons. The second-order valence-corrected chi connectivity index (χ2v) is 6.90. The van der Waals surface area contributed by atoms with E-state index in [1.54, 1.807) is 0 Å². The molecule has 1 aromatic carbocycles. The molecule has 24 heavy (non-hydrogen) atoms. The molecule has 0 unspecified atom stereocenters. The Morgan fingerprint density at radius 2 is 1.92 bits per heavy atom. The Morgan fingerprint density at radius 3 is 2.50 bits per heavy atom. The van der Waals surface area contributed by atoms with E-state index in [2.05, 4.69) is 4.90 Å². The molecule has 3 atom stereocenters. The molecule has 6 heteroatoms. The summed E-state index contributed by atoms with van der Waals surface area (Å²) in [4.78, 5) is 16.6. The lowest BCUT2D eigenvalue weighted by Crippen LogP contribution is -2.52. The standard InChI is InChI=1S/C18H25F2N3O/c1-12(14-6-5-13(19)11-16(14)20)22-7-9-23(10-8-22)18(24)15-3-2-4-17(15)21/h5-6,11-12,15,17H,2-4,7-10,21H2,1H3/t12-,15+,17-/m1/s1. The smallest absolute Gasteiger partial charge is 0.227 e. The zero-order valence-electron chi connectivity index (χ0n) is 14.0. The first kappa shape index (κ1) is 17.3. The quantitative estimate of drug-likeness (QED) is 0.921. The van der Waals surface area contributed by atoms with Crippen molar-refractivity contribution >= 4 is 5.91 Å². The maximum Gasteiger partial charge on any atom is 0.227 e. The Bertz CT molecular complexity index is 602. The summed E-state index contributed by atoms with van der Waals surface area (Å²) >= 11 is 0. The number of nitrogens with zero attached hydrogens (tertiary/aromatic N) is 2. The van der Waals surface area contributed by atoms with Crippen LogP contribution >= 0.6 is 0 Å². The van der Waals surface area contributed by atoms with E-state index in [1.807, 2.05) is 11.8 Å². The minimum atomic E-state index is -0.563. The molecule has 0 bridgehead atoms. The van der Waals surface area contributed by atoms with Crippen LogP contribution in [0.25, 0.3) is 0 Å². The molecule has 2 fully saturated rings. The monoisotopic (exact) mass is 337 g/mol. The Labute approximate surface area is 141 Å². The van der Waals surface area contributed by atoms with Crippen LogP contribution in [0.4, 0.5) is 8.78 Å². The number of halogens is 2. The molecule has 1 aliphatic heterocycles. The number of carbonyl (C=O) groups excluding carboxylic acids is 1. The van der Waals surface area contributed by atoms with Crippen LogP contribution in [-0.4, -0.2) is 47.9 Å². The molecule has 4 nitrogen and oxygen atoms in total. The normalized spacial score (nSPS) is 26.6. The van der Waals surface area contributed by atoms with Crippen LogP contribution < -0.4 is 5.73 Å². The molecule has 3 rings (SSSR count). The van der Waals surface area contributed by atoms with Gasteiger partial charge in [0.2, 0.25) is 5.91 Å². The van der Waals surface area contributed by atoms with Gasteiger partial charge in [0.1, 0.15) is 11.6 Å². The number of nitrogens with two attached hydrogens (primary N) is 1. The number of amides is 1. The predicted molar refractivity (Wildman–Crippen MR) is 88.2 cm³/mol. The van der Waals surface area contributed by atoms with Gasteiger partial charge in [0.15, 0.2) is 0 Å². The van der Waals surface area contributed by atoms with Crippen LogP contribution in [-0.2, 0) is 4.79 Å².